The van der Waals surface area contributed by atoms with Gasteiger partial charge in [0.15, 0.2) is 22.4 Å². The first-order chi connectivity index (χ1) is 18.1. The van der Waals surface area contributed by atoms with Gasteiger partial charge in [0.1, 0.15) is 11.4 Å². The zero-order valence-electron chi connectivity index (χ0n) is 20.6. The van der Waals surface area contributed by atoms with Crippen molar-refractivity contribution >= 4 is 23.3 Å². The average Bonchev–Trinajstić information content (AvgIpc) is 3.62. The Hall–Kier alpha value is -3.78. The number of nitrogens with one attached hydrogen (secondary N) is 1. The van der Waals surface area contributed by atoms with Gasteiger partial charge in [0.05, 0.1) is 25.4 Å². The molecule has 5 rings (SSSR count). The number of hydrogen-bond acceptors (Lipinski definition) is 11. The molecule has 200 valence electrons. The summed E-state index contributed by atoms with van der Waals surface area (Å²) in [4.78, 5) is 27.1. The summed E-state index contributed by atoms with van der Waals surface area (Å²) in [6, 6.07) is 4.64. The molecule has 3 aromatic rings. The first kappa shape index (κ1) is 25.9. The Morgan fingerprint density at radius 2 is 2.08 bits per heavy atom. The van der Waals surface area contributed by atoms with Crippen molar-refractivity contribution < 1.29 is 32.0 Å². The van der Waals surface area contributed by atoms with Crippen molar-refractivity contribution in [3.8, 4) is 0 Å². The predicted molar refractivity (Wildman–Crippen MR) is 129 cm³/mol. The lowest BCUT2D eigenvalue weighted by Gasteiger charge is -2.36. The van der Waals surface area contributed by atoms with Crippen molar-refractivity contribution in [2.24, 2.45) is 4.99 Å². The standard InChI is InChI=1S/C24H23F3N6O4S/c1-13-29-20(37-32-13)17-10-24(26,27)12-33(17)11-16-18(36-22(34)35-3)23(2,14-4-6-15(25)7-5-14)31-19(30-16)21-28-8-9-38-21/h4-9,17H,10-12H2,1-3H3,(H,30,31)/t17-,23-/m0/s1. The molecule has 2 aliphatic rings. The monoisotopic (exact) mass is 548 g/mol. The minimum atomic E-state index is -3.03. The van der Waals surface area contributed by atoms with Crippen LogP contribution >= 0.6 is 11.3 Å². The number of carbonyl (C=O) groups excluding carboxylic acids is 1. The van der Waals surface area contributed by atoms with Crippen LogP contribution in [-0.2, 0) is 15.0 Å². The normalized spacial score (nSPS) is 23.2. The van der Waals surface area contributed by atoms with Crippen molar-refractivity contribution in [2.75, 3.05) is 20.2 Å². The average molecular weight is 549 g/mol. The van der Waals surface area contributed by atoms with Crippen molar-refractivity contribution in [2.45, 2.75) is 37.8 Å². The van der Waals surface area contributed by atoms with Gasteiger partial charge in [-0.3, -0.25) is 4.90 Å². The molecule has 0 saturated carbocycles. The first-order valence-corrected chi connectivity index (χ1v) is 12.4. The molecule has 0 unspecified atom stereocenters. The molecule has 1 aromatic carbocycles. The van der Waals surface area contributed by atoms with E-state index in [1.54, 1.807) is 25.4 Å². The van der Waals surface area contributed by atoms with Gasteiger partial charge in [-0.2, -0.15) is 4.98 Å². The van der Waals surface area contributed by atoms with E-state index >= 15 is 0 Å². The van der Waals surface area contributed by atoms with Gasteiger partial charge in [0.2, 0.25) is 5.89 Å². The fourth-order valence-electron chi connectivity index (χ4n) is 4.55. The predicted octanol–water partition coefficient (Wildman–Crippen LogP) is 4.32. The van der Waals surface area contributed by atoms with Gasteiger partial charge in [0.25, 0.3) is 5.92 Å². The number of hydrogen-bond donors (Lipinski definition) is 1. The first-order valence-electron chi connectivity index (χ1n) is 11.5. The number of nitrogens with zero attached hydrogens (tertiary/aromatic N) is 5. The maximum atomic E-state index is 14.7. The number of thiazole rings is 1. The maximum Gasteiger partial charge on any atom is 0.513 e. The van der Waals surface area contributed by atoms with Crippen LogP contribution in [0.25, 0.3) is 0 Å². The summed E-state index contributed by atoms with van der Waals surface area (Å²) in [5.74, 6) is -2.78. The highest BCUT2D eigenvalue weighted by atomic mass is 32.1. The van der Waals surface area contributed by atoms with Crippen LogP contribution in [0.5, 0.6) is 0 Å². The van der Waals surface area contributed by atoms with Crippen LogP contribution in [0.3, 0.4) is 0 Å². The molecule has 4 heterocycles. The molecule has 1 saturated heterocycles. The molecular weight excluding hydrogens is 525 g/mol. The molecular formula is C24H23F3N6O4S. The quantitative estimate of drug-likeness (QED) is 0.450. The van der Waals surface area contributed by atoms with Gasteiger partial charge < -0.3 is 19.3 Å². The van der Waals surface area contributed by atoms with E-state index in [0.29, 0.717) is 22.2 Å². The molecule has 1 fully saturated rings. The molecule has 0 radical (unpaired) electrons. The molecule has 38 heavy (non-hydrogen) atoms. The van der Waals surface area contributed by atoms with Gasteiger partial charge in [-0.1, -0.05) is 17.3 Å². The number of benzene rings is 1. The Bertz CT molecular complexity index is 1390. The number of aromatic nitrogens is 3. The highest BCUT2D eigenvalue weighted by Crippen LogP contribution is 2.43. The van der Waals surface area contributed by atoms with Crippen molar-refractivity contribution in [1.82, 2.24) is 25.3 Å². The summed E-state index contributed by atoms with van der Waals surface area (Å²) in [5, 5.41) is 9.14. The Morgan fingerprint density at radius 3 is 2.71 bits per heavy atom. The van der Waals surface area contributed by atoms with Gasteiger partial charge >= 0.3 is 6.16 Å². The largest absolute Gasteiger partial charge is 0.513 e. The second-order valence-electron chi connectivity index (χ2n) is 9.03. The minimum Gasteiger partial charge on any atom is -0.437 e. The number of aryl methyl sites for hydroxylation is 1. The molecule has 10 nitrogen and oxygen atoms in total. The van der Waals surface area contributed by atoms with Crippen LogP contribution in [0, 0.1) is 12.7 Å². The zero-order chi connectivity index (χ0) is 27.1. The number of likely N-dealkylation sites (tertiary alicyclic amines) is 1. The molecule has 2 aromatic heterocycles. The second-order valence-corrected chi connectivity index (χ2v) is 9.92. The van der Waals surface area contributed by atoms with E-state index in [1.807, 2.05) is 0 Å². The van der Waals surface area contributed by atoms with Gasteiger partial charge in [-0.15, -0.1) is 11.3 Å². The van der Waals surface area contributed by atoms with Crippen LogP contribution in [0.1, 0.15) is 41.7 Å². The molecule has 0 aliphatic carbocycles. The fraction of sp³-hybridized carbons (Fsp3) is 0.375. The SMILES string of the molecule is COC(=O)OC1=C(CN2CC(F)(F)C[C@H]2c2nc(C)no2)NC(c2nccs2)=N[C@@]1(C)c1ccc(F)cc1. The van der Waals surface area contributed by atoms with Crippen molar-refractivity contribution in [3.05, 3.63) is 75.4 Å². The number of rotatable bonds is 6. The minimum absolute atomic E-state index is 0.00643. The lowest BCUT2D eigenvalue weighted by Crippen LogP contribution is -2.44. The molecule has 0 spiro atoms. The number of halogens is 3. The Morgan fingerprint density at radius 1 is 1.32 bits per heavy atom. The molecule has 0 bridgehead atoms. The molecule has 2 aliphatic heterocycles. The highest BCUT2D eigenvalue weighted by Gasteiger charge is 2.49. The number of methoxy groups -OCH3 is 1. The van der Waals surface area contributed by atoms with E-state index in [0.717, 1.165) is 7.11 Å². The number of alkyl halides is 2. The van der Waals surface area contributed by atoms with Gasteiger partial charge in [-0.05, 0) is 31.5 Å². The maximum absolute atomic E-state index is 14.7. The van der Waals surface area contributed by atoms with E-state index in [2.05, 4.69) is 20.4 Å². The molecule has 0 amide bonds. The Labute approximate surface area is 219 Å². The van der Waals surface area contributed by atoms with Crippen molar-refractivity contribution in [3.63, 3.8) is 0 Å². The van der Waals surface area contributed by atoms with E-state index in [9.17, 15) is 18.0 Å². The summed E-state index contributed by atoms with van der Waals surface area (Å²) in [5.41, 5.74) is -0.620. The van der Waals surface area contributed by atoms with Crippen molar-refractivity contribution in [1.29, 1.82) is 0 Å². The van der Waals surface area contributed by atoms with Crippen LogP contribution < -0.4 is 5.32 Å². The van der Waals surface area contributed by atoms with E-state index in [1.165, 1.54) is 40.5 Å². The van der Waals surface area contributed by atoms with Crippen LogP contribution in [0.15, 0.2) is 56.8 Å². The summed E-state index contributed by atoms with van der Waals surface area (Å²) in [6.45, 7) is 2.54. The zero-order valence-corrected chi connectivity index (χ0v) is 21.4. The number of aliphatic imine (C=N–C) groups is 1. The smallest absolute Gasteiger partial charge is 0.437 e. The summed E-state index contributed by atoms with van der Waals surface area (Å²) in [7, 11) is 1.15. The van der Waals surface area contributed by atoms with E-state index in [4.69, 9.17) is 19.0 Å². The molecule has 1 N–H and O–H groups in total. The topological polar surface area (TPSA) is 115 Å². The van der Waals surface area contributed by atoms with Crippen LogP contribution in [0.2, 0.25) is 0 Å². The lowest BCUT2D eigenvalue weighted by molar-refractivity contribution is 0.0123. The fourth-order valence-corrected chi connectivity index (χ4v) is 5.13. The number of amidine groups is 1. The van der Waals surface area contributed by atoms with E-state index in [-0.39, 0.29) is 23.9 Å². The third kappa shape index (κ3) is 5.00. The Kier molecular flexibility index (Phi) is 6.69. The Balaban J connectivity index is 1.62. The third-order valence-electron chi connectivity index (χ3n) is 6.27. The summed E-state index contributed by atoms with van der Waals surface area (Å²) in [6.07, 6.45) is 0.0343. The molecule has 2 atom stereocenters. The second kappa shape index (κ2) is 9.83. The number of ether oxygens (including phenoxy) is 2. The van der Waals surface area contributed by atoms with Gasteiger partial charge in [-0.25, -0.2) is 27.9 Å². The third-order valence-corrected chi connectivity index (χ3v) is 7.05. The number of carbonyl (C=O) groups is 1. The van der Waals surface area contributed by atoms with Crippen LogP contribution in [0.4, 0.5) is 18.0 Å². The van der Waals surface area contributed by atoms with Gasteiger partial charge in [0, 0.05) is 24.5 Å². The lowest BCUT2D eigenvalue weighted by atomic mass is 9.88. The summed E-state index contributed by atoms with van der Waals surface area (Å²) >= 11 is 1.31. The molecule has 14 heteroatoms. The summed E-state index contributed by atoms with van der Waals surface area (Å²) < 4.78 is 58.7. The highest BCUT2D eigenvalue weighted by molar-refractivity contribution is 7.11. The van der Waals surface area contributed by atoms with E-state index < -0.39 is 42.4 Å². The van der Waals surface area contributed by atoms with Crippen LogP contribution in [-0.4, -0.2) is 58.1 Å².